The number of amides is 4. The fourth-order valence-corrected chi connectivity index (χ4v) is 6.65. The SMILES string of the molecule is CS(=O)(=O)CCCN.Cc1cc(Cl)nc(NC(=O)Nc2ccc3cnccc3c2)n1.Cc1cc(NCCCS(C)(=O)=O)nc(NC(=O)Nc2ccc3cnccc3c2)n1. The Morgan fingerprint density at radius 1 is 0.627 bits per heavy atom. The van der Waals surface area contributed by atoms with Gasteiger partial charge in [-0.2, -0.15) is 4.98 Å². The Morgan fingerprint density at radius 3 is 1.59 bits per heavy atom. The zero-order valence-electron chi connectivity index (χ0n) is 32.7. The number of hydrogen-bond acceptors (Lipinski definition) is 14. The number of aryl methyl sites for hydroxylation is 2. The second kappa shape index (κ2) is 21.6. The van der Waals surface area contributed by atoms with Crippen LogP contribution in [0.3, 0.4) is 0 Å². The van der Waals surface area contributed by atoms with Gasteiger partial charge in [0.15, 0.2) is 0 Å². The van der Waals surface area contributed by atoms with Gasteiger partial charge in [0.2, 0.25) is 11.9 Å². The molecule has 0 spiro atoms. The number of pyridine rings is 2. The number of aromatic nitrogens is 6. The van der Waals surface area contributed by atoms with Crippen LogP contribution in [0.15, 0.2) is 85.5 Å². The quantitative estimate of drug-likeness (QED) is 0.0624. The van der Waals surface area contributed by atoms with Gasteiger partial charge in [-0.05, 0) is 86.5 Å². The van der Waals surface area contributed by atoms with E-state index in [1.54, 1.807) is 62.9 Å². The number of benzene rings is 2. The van der Waals surface area contributed by atoms with Crippen LogP contribution in [-0.4, -0.2) is 95.9 Å². The fourth-order valence-electron chi connectivity index (χ4n) is 5.05. The van der Waals surface area contributed by atoms with Gasteiger partial charge in [0.25, 0.3) is 0 Å². The summed E-state index contributed by atoms with van der Waals surface area (Å²) in [6.07, 6.45) is 10.4. The van der Waals surface area contributed by atoms with Crippen LogP contribution in [0.2, 0.25) is 5.15 Å². The highest BCUT2D eigenvalue weighted by Crippen LogP contribution is 2.20. The zero-order valence-corrected chi connectivity index (χ0v) is 35.1. The van der Waals surface area contributed by atoms with Crippen LogP contribution < -0.4 is 32.3 Å². The summed E-state index contributed by atoms with van der Waals surface area (Å²) in [6.45, 7) is 4.45. The van der Waals surface area contributed by atoms with Crippen LogP contribution in [0.4, 0.5) is 38.7 Å². The smallest absolute Gasteiger partial charge is 0.326 e. The van der Waals surface area contributed by atoms with Crippen molar-refractivity contribution in [1.29, 1.82) is 0 Å². The van der Waals surface area contributed by atoms with E-state index < -0.39 is 31.7 Å². The fraction of sp³-hybridized carbons (Fsp3) is 0.263. The lowest BCUT2D eigenvalue weighted by Gasteiger charge is -2.10. The van der Waals surface area contributed by atoms with E-state index in [4.69, 9.17) is 17.3 Å². The largest absolute Gasteiger partial charge is 0.370 e. The van der Waals surface area contributed by atoms with E-state index in [-0.39, 0.29) is 28.6 Å². The maximum absolute atomic E-state index is 12.3. The summed E-state index contributed by atoms with van der Waals surface area (Å²) in [7, 11) is -5.76. The first-order valence-corrected chi connectivity index (χ1v) is 22.4. The van der Waals surface area contributed by atoms with Gasteiger partial charge in [0, 0.05) is 83.4 Å². The minimum atomic E-state index is -3.00. The van der Waals surface area contributed by atoms with Gasteiger partial charge in [-0.15, -0.1) is 0 Å². The standard InChI is InChI=1S/C19H22N6O3S.C15H12ClN5O.C4H11NO2S/c1-13-10-17(21-7-3-9-29(2,27)28)24-18(22-13)25-19(26)23-16-5-4-15-12-20-8-6-14(15)11-16;1-9-6-13(16)20-14(18-9)21-15(22)19-12-3-2-11-8-17-5-4-10(11)7-12;1-8(6,7)4-2-3-5/h4-6,8,10-12H,3,7,9H2,1-2H3,(H3,21,22,23,24,25,26);2-8H,1H3,(H2,18,19,20,21,22);2-5H2,1H3. The van der Waals surface area contributed by atoms with Crippen LogP contribution >= 0.6 is 11.6 Å². The lowest BCUT2D eigenvalue weighted by Crippen LogP contribution is -2.21. The lowest BCUT2D eigenvalue weighted by molar-refractivity contribution is 0.261. The van der Waals surface area contributed by atoms with Gasteiger partial charge < -0.3 is 21.7 Å². The summed E-state index contributed by atoms with van der Waals surface area (Å²) in [6, 6.07) is 17.2. The highest BCUT2D eigenvalue weighted by atomic mass is 35.5. The molecule has 312 valence electrons. The Balaban J connectivity index is 0.000000226. The number of anilines is 5. The maximum atomic E-state index is 12.3. The Kier molecular flexibility index (Phi) is 16.7. The minimum absolute atomic E-state index is 0.0966. The molecule has 6 rings (SSSR count). The molecule has 0 saturated heterocycles. The van der Waals surface area contributed by atoms with Crippen LogP contribution in [-0.2, 0) is 19.7 Å². The van der Waals surface area contributed by atoms with Crippen molar-refractivity contribution in [1.82, 2.24) is 29.9 Å². The molecule has 21 heteroatoms. The number of sulfone groups is 2. The molecule has 0 unspecified atom stereocenters. The predicted molar refractivity (Wildman–Crippen MR) is 234 cm³/mol. The third-order valence-electron chi connectivity index (χ3n) is 7.64. The number of carbonyl (C=O) groups excluding carboxylic acids is 2. The molecular formula is C38H45ClN12O6S2. The Morgan fingerprint density at radius 2 is 1.12 bits per heavy atom. The summed E-state index contributed by atoms with van der Waals surface area (Å²) in [5, 5.41) is 17.9. The van der Waals surface area contributed by atoms with Crippen molar-refractivity contribution in [3.8, 4) is 0 Å². The molecule has 0 radical (unpaired) electrons. The molecule has 0 bridgehead atoms. The highest BCUT2D eigenvalue weighted by molar-refractivity contribution is 7.90. The van der Waals surface area contributed by atoms with Crippen molar-refractivity contribution in [2.45, 2.75) is 26.7 Å². The Bertz CT molecular complexity index is 2600. The van der Waals surface area contributed by atoms with E-state index in [0.717, 1.165) is 21.5 Å². The van der Waals surface area contributed by atoms with E-state index >= 15 is 0 Å². The second-order valence-electron chi connectivity index (χ2n) is 13.1. The first-order valence-electron chi connectivity index (χ1n) is 17.9. The third kappa shape index (κ3) is 17.1. The zero-order chi connectivity index (χ0) is 43.0. The monoisotopic (exact) mass is 864 g/mol. The maximum Gasteiger partial charge on any atom is 0.326 e. The number of fused-ring (bicyclic) bond motifs is 2. The number of nitrogens with two attached hydrogens (primary N) is 1. The van der Waals surface area contributed by atoms with Gasteiger partial charge in [-0.1, -0.05) is 23.7 Å². The average molecular weight is 865 g/mol. The van der Waals surface area contributed by atoms with Gasteiger partial charge in [-0.3, -0.25) is 20.6 Å². The van der Waals surface area contributed by atoms with E-state index in [0.29, 0.717) is 54.5 Å². The van der Waals surface area contributed by atoms with Crippen molar-refractivity contribution in [3.63, 3.8) is 0 Å². The summed E-state index contributed by atoms with van der Waals surface area (Å²) < 4.78 is 43.0. The third-order valence-corrected chi connectivity index (χ3v) is 9.90. The topological polar surface area (TPSA) is 266 Å². The summed E-state index contributed by atoms with van der Waals surface area (Å²) in [5.41, 5.74) is 7.71. The molecule has 4 amide bonds. The molecule has 0 atom stereocenters. The van der Waals surface area contributed by atoms with Crippen molar-refractivity contribution in [2.24, 2.45) is 5.73 Å². The molecule has 4 aromatic heterocycles. The molecule has 7 N–H and O–H groups in total. The highest BCUT2D eigenvalue weighted by Gasteiger charge is 2.10. The molecule has 0 aliphatic carbocycles. The first-order chi connectivity index (χ1) is 27.9. The van der Waals surface area contributed by atoms with Crippen molar-refractivity contribution < 1.29 is 26.4 Å². The van der Waals surface area contributed by atoms with Gasteiger partial charge in [-0.25, -0.2) is 41.4 Å². The molecule has 0 aliphatic rings. The minimum Gasteiger partial charge on any atom is -0.370 e. The molecule has 6 aromatic rings. The first kappa shape index (κ1) is 45.6. The number of halogens is 1. The van der Waals surface area contributed by atoms with E-state index in [9.17, 15) is 26.4 Å². The second-order valence-corrected chi connectivity index (χ2v) is 18.0. The van der Waals surface area contributed by atoms with Crippen LogP contribution in [0, 0.1) is 13.8 Å². The lowest BCUT2D eigenvalue weighted by atomic mass is 10.1. The van der Waals surface area contributed by atoms with Crippen LogP contribution in [0.5, 0.6) is 0 Å². The molecule has 18 nitrogen and oxygen atoms in total. The van der Waals surface area contributed by atoms with Crippen molar-refractivity contribution in [3.05, 3.63) is 102 Å². The van der Waals surface area contributed by atoms with E-state index in [1.807, 2.05) is 36.4 Å². The van der Waals surface area contributed by atoms with E-state index in [1.165, 1.54) is 12.5 Å². The van der Waals surface area contributed by atoms with Gasteiger partial charge in [0.05, 0.1) is 11.5 Å². The van der Waals surface area contributed by atoms with Crippen molar-refractivity contribution in [2.75, 3.05) is 63.7 Å². The number of hydrogen-bond donors (Lipinski definition) is 6. The Hall–Kier alpha value is -6.09. The molecular weight excluding hydrogens is 820 g/mol. The number of urea groups is 2. The predicted octanol–water partition coefficient (Wildman–Crippen LogP) is 5.83. The van der Waals surface area contributed by atoms with Gasteiger partial charge >= 0.3 is 12.1 Å². The normalized spacial score (nSPS) is 11.0. The summed E-state index contributed by atoms with van der Waals surface area (Å²) in [4.78, 5) is 48.9. The van der Waals surface area contributed by atoms with Crippen molar-refractivity contribution >= 4 is 94.0 Å². The number of nitrogens with zero attached hydrogens (tertiary/aromatic N) is 6. The van der Waals surface area contributed by atoms with E-state index in [2.05, 4.69) is 56.5 Å². The number of carbonyl (C=O) groups is 2. The number of rotatable bonds is 12. The molecule has 0 aliphatic heterocycles. The van der Waals surface area contributed by atoms with Gasteiger partial charge in [0.1, 0.15) is 30.6 Å². The summed E-state index contributed by atoms with van der Waals surface area (Å²) >= 11 is 5.83. The molecule has 0 fully saturated rings. The summed E-state index contributed by atoms with van der Waals surface area (Å²) in [5.74, 6) is 1.13. The average Bonchev–Trinajstić information content (AvgIpc) is 3.15. The van der Waals surface area contributed by atoms with Crippen LogP contribution in [0.25, 0.3) is 21.5 Å². The van der Waals surface area contributed by atoms with Crippen LogP contribution in [0.1, 0.15) is 24.2 Å². The molecule has 59 heavy (non-hydrogen) atoms. The molecule has 0 saturated carbocycles. The molecule has 4 heterocycles. The number of nitrogens with one attached hydrogen (secondary N) is 5. The molecule has 2 aromatic carbocycles. The Labute approximate surface area is 347 Å².